The summed E-state index contributed by atoms with van der Waals surface area (Å²) in [6, 6.07) is 10.4. The summed E-state index contributed by atoms with van der Waals surface area (Å²) >= 11 is 0. The number of fused-ring (bicyclic) bond motifs is 5. The number of hydrogen-bond acceptors (Lipinski definition) is 2. The molecule has 0 radical (unpaired) electrons. The molecule has 20 heavy (non-hydrogen) atoms. The van der Waals surface area contributed by atoms with Crippen LogP contribution in [0.5, 0.6) is 0 Å². The molecular formula is C18H22O2. The van der Waals surface area contributed by atoms with E-state index in [9.17, 15) is 0 Å². The number of rotatable bonds is 3. The van der Waals surface area contributed by atoms with Crippen molar-refractivity contribution in [1.29, 1.82) is 0 Å². The summed E-state index contributed by atoms with van der Waals surface area (Å²) in [6.07, 6.45) is 8.23. The lowest BCUT2D eigenvalue weighted by molar-refractivity contribution is 0.0232. The van der Waals surface area contributed by atoms with E-state index in [2.05, 4.69) is 31.2 Å². The smallest absolute Gasteiger partial charge is 0.127 e. The maximum absolute atomic E-state index is 6.14. The van der Waals surface area contributed by atoms with Crippen LogP contribution in [0, 0.1) is 11.8 Å². The number of allylic oxidation sites excluding steroid dienone is 1. The summed E-state index contributed by atoms with van der Waals surface area (Å²) < 4.78 is 12.2. The zero-order chi connectivity index (χ0) is 13.5. The van der Waals surface area contributed by atoms with Crippen LogP contribution < -0.4 is 0 Å². The topological polar surface area (TPSA) is 18.5 Å². The maximum atomic E-state index is 6.14. The Balaban J connectivity index is 1.44. The first-order valence-electron chi connectivity index (χ1n) is 7.86. The van der Waals surface area contributed by atoms with Crippen LogP contribution >= 0.6 is 0 Å². The van der Waals surface area contributed by atoms with Gasteiger partial charge in [-0.25, -0.2) is 0 Å². The fourth-order valence-corrected chi connectivity index (χ4v) is 4.34. The van der Waals surface area contributed by atoms with Gasteiger partial charge >= 0.3 is 0 Å². The third-order valence-electron chi connectivity index (χ3n) is 5.34. The van der Waals surface area contributed by atoms with Gasteiger partial charge in [0.15, 0.2) is 0 Å². The van der Waals surface area contributed by atoms with Crippen molar-refractivity contribution in [2.45, 2.75) is 50.9 Å². The van der Waals surface area contributed by atoms with Gasteiger partial charge in [0.25, 0.3) is 0 Å². The predicted octanol–water partition coefficient (Wildman–Crippen LogP) is 4.02. The molecule has 1 saturated carbocycles. The molecule has 0 spiro atoms. The molecule has 2 heterocycles. The van der Waals surface area contributed by atoms with E-state index in [0.717, 1.165) is 18.3 Å². The lowest BCUT2D eigenvalue weighted by atomic mass is 9.80. The molecule has 106 valence electrons. The summed E-state index contributed by atoms with van der Waals surface area (Å²) in [4.78, 5) is 0. The third-order valence-corrected chi connectivity index (χ3v) is 5.34. The van der Waals surface area contributed by atoms with Crippen molar-refractivity contribution >= 4 is 5.57 Å². The van der Waals surface area contributed by atoms with E-state index in [0.29, 0.717) is 12.2 Å². The van der Waals surface area contributed by atoms with Crippen molar-refractivity contribution in [3.8, 4) is 0 Å². The standard InChI is InChI=1S/C18H22O2/c1-12(13-6-3-2-4-7-13)11-19-17-10-16-14-8-5-9-15(14)18(17)20-16/h2-4,6-7,11,14-18H,5,8-10H2,1H3/b12-11-. The lowest BCUT2D eigenvalue weighted by Gasteiger charge is -2.27. The molecular weight excluding hydrogens is 248 g/mol. The fraction of sp³-hybridized carbons (Fsp3) is 0.556. The van der Waals surface area contributed by atoms with Crippen molar-refractivity contribution in [2.75, 3.05) is 0 Å². The van der Waals surface area contributed by atoms with E-state index in [-0.39, 0.29) is 6.10 Å². The van der Waals surface area contributed by atoms with Gasteiger partial charge in [0.2, 0.25) is 0 Å². The molecule has 3 aliphatic rings. The van der Waals surface area contributed by atoms with E-state index in [4.69, 9.17) is 9.47 Å². The lowest BCUT2D eigenvalue weighted by Crippen LogP contribution is -2.34. The minimum Gasteiger partial charge on any atom is -0.495 e. The molecule has 1 aliphatic carbocycles. The fourth-order valence-electron chi connectivity index (χ4n) is 4.34. The molecule has 2 aliphatic heterocycles. The summed E-state index contributed by atoms with van der Waals surface area (Å²) in [5.74, 6) is 1.60. The maximum Gasteiger partial charge on any atom is 0.127 e. The summed E-state index contributed by atoms with van der Waals surface area (Å²) in [5, 5.41) is 0. The predicted molar refractivity (Wildman–Crippen MR) is 79.1 cm³/mol. The molecule has 2 saturated heterocycles. The number of ether oxygens (including phenoxy) is 2. The highest BCUT2D eigenvalue weighted by molar-refractivity contribution is 5.62. The van der Waals surface area contributed by atoms with Crippen LogP contribution in [0.15, 0.2) is 36.6 Å². The van der Waals surface area contributed by atoms with Crippen molar-refractivity contribution < 1.29 is 9.47 Å². The molecule has 4 rings (SSSR count). The first kappa shape index (κ1) is 12.5. The normalized spacial score (nSPS) is 39.0. The van der Waals surface area contributed by atoms with Crippen LogP contribution in [0.25, 0.3) is 5.57 Å². The molecule has 2 bridgehead atoms. The number of benzene rings is 1. The summed E-state index contributed by atoms with van der Waals surface area (Å²) in [6.45, 7) is 2.11. The van der Waals surface area contributed by atoms with Gasteiger partial charge in [-0.05, 0) is 42.7 Å². The van der Waals surface area contributed by atoms with Gasteiger partial charge in [-0.15, -0.1) is 0 Å². The van der Waals surface area contributed by atoms with Gasteiger partial charge < -0.3 is 9.47 Å². The summed E-state index contributed by atoms with van der Waals surface area (Å²) in [7, 11) is 0. The van der Waals surface area contributed by atoms with Gasteiger partial charge in [-0.1, -0.05) is 36.8 Å². The van der Waals surface area contributed by atoms with Crippen LogP contribution in [-0.2, 0) is 9.47 Å². The van der Waals surface area contributed by atoms with Crippen LogP contribution in [0.2, 0.25) is 0 Å². The van der Waals surface area contributed by atoms with Crippen LogP contribution in [0.4, 0.5) is 0 Å². The first-order chi connectivity index (χ1) is 9.83. The molecule has 5 atom stereocenters. The van der Waals surface area contributed by atoms with Crippen LogP contribution in [-0.4, -0.2) is 18.3 Å². The highest BCUT2D eigenvalue weighted by Crippen LogP contribution is 2.52. The highest BCUT2D eigenvalue weighted by Gasteiger charge is 2.56. The minimum absolute atomic E-state index is 0.276. The molecule has 2 nitrogen and oxygen atoms in total. The van der Waals surface area contributed by atoms with Crippen LogP contribution in [0.1, 0.15) is 38.2 Å². The van der Waals surface area contributed by atoms with Crippen molar-refractivity contribution in [3.05, 3.63) is 42.2 Å². The Morgan fingerprint density at radius 3 is 2.85 bits per heavy atom. The Morgan fingerprint density at radius 2 is 2.00 bits per heavy atom. The monoisotopic (exact) mass is 270 g/mol. The van der Waals surface area contributed by atoms with E-state index >= 15 is 0 Å². The van der Waals surface area contributed by atoms with Gasteiger partial charge in [0.05, 0.1) is 18.5 Å². The molecule has 3 fully saturated rings. The Labute approximate surface area is 120 Å². The first-order valence-corrected chi connectivity index (χ1v) is 7.86. The van der Waals surface area contributed by atoms with Crippen LogP contribution in [0.3, 0.4) is 0 Å². The van der Waals surface area contributed by atoms with Crippen molar-refractivity contribution in [2.24, 2.45) is 11.8 Å². The zero-order valence-electron chi connectivity index (χ0n) is 12.0. The van der Waals surface area contributed by atoms with E-state index in [1.54, 1.807) is 0 Å². The van der Waals surface area contributed by atoms with E-state index in [1.165, 1.54) is 30.4 Å². The average molecular weight is 270 g/mol. The Morgan fingerprint density at radius 1 is 1.20 bits per heavy atom. The van der Waals surface area contributed by atoms with Gasteiger partial charge in [0.1, 0.15) is 6.10 Å². The molecule has 5 unspecified atom stereocenters. The second-order valence-corrected chi connectivity index (χ2v) is 6.47. The Kier molecular flexibility index (Phi) is 3.07. The highest BCUT2D eigenvalue weighted by atomic mass is 16.6. The molecule has 1 aromatic carbocycles. The van der Waals surface area contributed by atoms with Crippen molar-refractivity contribution in [3.63, 3.8) is 0 Å². The molecule has 0 aromatic heterocycles. The molecule has 2 heteroatoms. The van der Waals surface area contributed by atoms with Gasteiger partial charge in [-0.3, -0.25) is 0 Å². The third kappa shape index (κ3) is 1.98. The molecule has 1 aromatic rings. The average Bonchev–Trinajstić information content (AvgIpc) is 3.17. The Bertz CT molecular complexity index is 507. The minimum atomic E-state index is 0.276. The number of hydrogen-bond donors (Lipinski definition) is 0. The molecule has 0 amide bonds. The van der Waals surface area contributed by atoms with Crippen molar-refractivity contribution in [1.82, 2.24) is 0 Å². The summed E-state index contributed by atoms with van der Waals surface area (Å²) in [5.41, 5.74) is 2.42. The Hall–Kier alpha value is -1.28. The SMILES string of the molecule is C/C(=C/OC1CC2OC1C1CCCC21)c1ccccc1. The van der Waals surface area contributed by atoms with Gasteiger partial charge in [0, 0.05) is 6.42 Å². The van der Waals surface area contributed by atoms with E-state index in [1.807, 2.05) is 12.3 Å². The largest absolute Gasteiger partial charge is 0.495 e. The zero-order valence-corrected chi connectivity index (χ0v) is 12.0. The second-order valence-electron chi connectivity index (χ2n) is 6.47. The quantitative estimate of drug-likeness (QED) is 0.772. The van der Waals surface area contributed by atoms with E-state index < -0.39 is 0 Å². The van der Waals surface area contributed by atoms with Gasteiger partial charge in [-0.2, -0.15) is 0 Å². The molecule has 0 N–H and O–H groups in total. The second kappa shape index (κ2) is 4.92.